The maximum Gasteiger partial charge on any atom is 0.145 e. The van der Waals surface area contributed by atoms with E-state index >= 15 is 0 Å². The van der Waals surface area contributed by atoms with Gasteiger partial charge < -0.3 is 0 Å². The molecule has 0 spiro atoms. The van der Waals surface area contributed by atoms with Crippen molar-refractivity contribution in [2.75, 3.05) is 0 Å². The summed E-state index contributed by atoms with van der Waals surface area (Å²) in [6, 6.07) is 19.4. The summed E-state index contributed by atoms with van der Waals surface area (Å²) in [5, 5.41) is 15.8. The summed E-state index contributed by atoms with van der Waals surface area (Å²) in [5.74, 6) is 0. The van der Waals surface area contributed by atoms with Crippen LogP contribution in [-0.2, 0) is 11.0 Å². The van der Waals surface area contributed by atoms with E-state index in [0.29, 0.717) is 5.69 Å². The molecule has 0 saturated heterocycles. The summed E-state index contributed by atoms with van der Waals surface area (Å²) in [7, 11) is 0. The number of nitrogens with one attached hydrogen (secondary N) is 1. The molecule has 25 heavy (non-hydrogen) atoms. The molecule has 2 aromatic carbocycles. The van der Waals surface area contributed by atoms with Crippen LogP contribution in [0.3, 0.4) is 0 Å². The van der Waals surface area contributed by atoms with Gasteiger partial charge >= 0.3 is 0 Å². The van der Waals surface area contributed by atoms with Crippen molar-refractivity contribution in [2.24, 2.45) is 5.11 Å². The first-order valence-electron chi connectivity index (χ1n) is 8.09. The first kappa shape index (κ1) is 16.7. The monoisotopic (exact) mass is 332 g/mol. The van der Waals surface area contributed by atoms with Gasteiger partial charge in [-0.1, -0.05) is 86.5 Å². The van der Waals surface area contributed by atoms with E-state index in [2.05, 4.69) is 46.2 Å². The zero-order valence-electron chi connectivity index (χ0n) is 14.5. The standard InChI is InChI=1S/C19H20N6/c1-18(2,3)16-17(22-25-21-16)19(23-24-20,14-10-6-4-7-11-14)15-12-8-5-9-13-15/h4-13H,1-3H3,(H,21,22,25). The summed E-state index contributed by atoms with van der Waals surface area (Å²) < 4.78 is 0. The fourth-order valence-electron chi connectivity index (χ4n) is 3.03. The van der Waals surface area contributed by atoms with Crippen LogP contribution in [-0.4, -0.2) is 15.4 Å². The Morgan fingerprint density at radius 1 is 0.840 bits per heavy atom. The summed E-state index contributed by atoms with van der Waals surface area (Å²) >= 11 is 0. The molecule has 0 aliphatic heterocycles. The number of benzene rings is 2. The topological polar surface area (TPSA) is 90.3 Å². The van der Waals surface area contributed by atoms with Crippen LogP contribution >= 0.6 is 0 Å². The Kier molecular flexibility index (Phi) is 4.30. The lowest BCUT2D eigenvalue weighted by Gasteiger charge is -2.31. The third-order valence-electron chi connectivity index (χ3n) is 4.18. The second-order valence-electron chi connectivity index (χ2n) is 6.90. The lowest BCUT2D eigenvalue weighted by atomic mass is 9.76. The Bertz CT molecular complexity index is 847. The van der Waals surface area contributed by atoms with E-state index in [0.717, 1.165) is 16.8 Å². The first-order chi connectivity index (χ1) is 12.0. The van der Waals surface area contributed by atoms with Gasteiger partial charge in [-0.05, 0) is 16.7 Å². The molecule has 0 aliphatic rings. The van der Waals surface area contributed by atoms with Crippen molar-refractivity contribution in [3.63, 3.8) is 0 Å². The molecule has 0 atom stereocenters. The molecule has 0 saturated carbocycles. The maximum atomic E-state index is 9.42. The van der Waals surface area contributed by atoms with Crippen molar-refractivity contribution in [3.05, 3.63) is 93.6 Å². The minimum absolute atomic E-state index is 0.262. The SMILES string of the molecule is CC(C)(C)c1n[nH]nc1C(N=[N+]=[N-])(c1ccccc1)c1ccccc1. The molecule has 6 nitrogen and oxygen atoms in total. The highest BCUT2D eigenvalue weighted by atomic mass is 15.4. The molecule has 0 unspecified atom stereocenters. The van der Waals surface area contributed by atoms with Crippen LogP contribution in [0.4, 0.5) is 0 Å². The molecular formula is C19H20N6. The van der Waals surface area contributed by atoms with Gasteiger partial charge in [0.05, 0.1) is 5.69 Å². The van der Waals surface area contributed by atoms with E-state index in [-0.39, 0.29) is 5.41 Å². The number of hydrogen-bond acceptors (Lipinski definition) is 3. The number of H-pyrrole nitrogens is 1. The first-order valence-corrected chi connectivity index (χ1v) is 8.09. The molecule has 1 N–H and O–H groups in total. The molecule has 126 valence electrons. The average molecular weight is 332 g/mol. The van der Waals surface area contributed by atoms with Crippen molar-refractivity contribution in [2.45, 2.75) is 31.7 Å². The summed E-state index contributed by atoms with van der Waals surface area (Å²) in [6.45, 7) is 6.18. The van der Waals surface area contributed by atoms with Crippen molar-refractivity contribution in [1.82, 2.24) is 15.4 Å². The molecule has 3 rings (SSSR count). The summed E-state index contributed by atoms with van der Waals surface area (Å²) in [4.78, 5) is 3.18. The predicted molar refractivity (Wildman–Crippen MR) is 97.0 cm³/mol. The predicted octanol–water partition coefficient (Wildman–Crippen LogP) is 4.70. The van der Waals surface area contributed by atoms with Gasteiger partial charge in [-0.2, -0.15) is 15.4 Å². The molecular weight excluding hydrogens is 312 g/mol. The van der Waals surface area contributed by atoms with E-state index in [1.54, 1.807) is 0 Å². The Labute approximate surface area is 146 Å². The van der Waals surface area contributed by atoms with Crippen LogP contribution in [0.15, 0.2) is 65.8 Å². The Balaban J connectivity index is 2.42. The zero-order chi connectivity index (χ0) is 17.9. The third kappa shape index (κ3) is 2.88. The number of aromatic amines is 1. The molecule has 0 aliphatic carbocycles. The number of azide groups is 1. The summed E-state index contributed by atoms with van der Waals surface area (Å²) in [6.07, 6.45) is 0. The van der Waals surface area contributed by atoms with Gasteiger partial charge in [-0.15, -0.1) is 0 Å². The van der Waals surface area contributed by atoms with Crippen molar-refractivity contribution in [1.29, 1.82) is 0 Å². The normalized spacial score (nSPS) is 11.8. The van der Waals surface area contributed by atoms with Crippen molar-refractivity contribution < 1.29 is 0 Å². The number of nitrogens with zero attached hydrogens (tertiary/aromatic N) is 5. The van der Waals surface area contributed by atoms with Crippen LogP contribution in [0.5, 0.6) is 0 Å². The van der Waals surface area contributed by atoms with Crippen molar-refractivity contribution in [3.8, 4) is 0 Å². The summed E-state index contributed by atoms with van der Waals surface area (Å²) in [5.41, 5.74) is 11.1. The minimum atomic E-state index is -1.09. The zero-order valence-corrected chi connectivity index (χ0v) is 14.5. The third-order valence-corrected chi connectivity index (χ3v) is 4.18. The highest BCUT2D eigenvalue weighted by molar-refractivity contribution is 5.49. The highest BCUT2D eigenvalue weighted by Gasteiger charge is 2.42. The van der Waals surface area contributed by atoms with E-state index in [4.69, 9.17) is 0 Å². The van der Waals surface area contributed by atoms with Crippen molar-refractivity contribution >= 4 is 0 Å². The van der Waals surface area contributed by atoms with E-state index < -0.39 is 5.54 Å². The molecule has 1 aromatic heterocycles. The second kappa shape index (κ2) is 6.42. The highest BCUT2D eigenvalue weighted by Crippen LogP contribution is 2.43. The molecule has 0 fully saturated rings. The molecule has 0 radical (unpaired) electrons. The van der Waals surface area contributed by atoms with Crippen LogP contribution < -0.4 is 0 Å². The molecule has 3 aromatic rings. The maximum absolute atomic E-state index is 9.42. The Morgan fingerprint density at radius 3 is 1.76 bits per heavy atom. The Morgan fingerprint density at radius 2 is 1.32 bits per heavy atom. The van der Waals surface area contributed by atoms with Crippen LogP contribution in [0.1, 0.15) is 43.3 Å². The van der Waals surface area contributed by atoms with E-state index in [1.807, 2.05) is 60.7 Å². The van der Waals surface area contributed by atoms with Gasteiger partial charge in [-0.3, -0.25) is 0 Å². The average Bonchev–Trinajstić information content (AvgIpc) is 3.12. The van der Waals surface area contributed by atoms with Crippen LogP contribution in [0.25, 0.3) is 10.4 Å². The molecule has 0 bridgehead atoms. The number of hydrogen-bond donors (Lipinski definition) is 1. The van der Waals surface area contributed by atoms with Gasteiger partial charge in [-0.25, -0.2) is 0 Å². The largest absolute Gasteiger partial charge is 0.197 e. The quantitative estimate of drug-likeness (QED) is 0.426. The van der Waals surface area contributed by atoms with Gasteiger partial charge in [0.15, 0.2) is 0 Å². The van der Waals surface area contributed by atoms with Gasteiger partial charge in [0.1, 0.15) is 11.2 Å². The van der Waals surface area contributed by atoms with Gasteiger partial charge in [0.2, 0.25) is 0 Å². The lowest BCUT2D eigenvalue weighted by molar-refractivity contribution is 0.533. The lowest BCUT2D eigenvalue weighted by Crippen LogP contribution is -2.31. The molecule has 1 heterocycles. The van der Waals surface area contributed by atoms with E-state index in [1.165, 1.54) is 0 Å². The molecule has 0 amide bonds. The number of rotatable bonds is 4. The number of aromatic nitrogens is 3. The second-order valence-corrected chi connectivity index (χ2v) is 6.90. The van der Waals surface area contributed by atoms with Crippen LogP contribution in [0, 0.1) is 0 Å². The Hall–Kier alpha value is -3.11. The van der Waals surface area contributed by atoms with Gasteiger partial charge in [0.25, 0.3) is 0 Å². The fourth-order valence-corrected chi connectivity index (χ4v) is 3.03. The molecule has 6 heteroatoms. The van der Waals surface area contributed by atoms with E-state index in [9.17, 15) is 5.53 Å². The fraction of sp³-hybridized carbons (Fsp3) is 0.263. The minimum Gasteiger partial charge on any atom is -0.197 e. The van der Waals surface area contributed by atoms with Gasteiger partial charge in [0, 0.05) is 10.3 Å². The smallest absolute Gasteiger partial charge is 0.145 e. The van der Waals surface area contributed by atoms with Crippen LogP contribution in [0.2, 0.25) is 0 Å².